The molecular weight excluding hydrogens is 216 g/mol. The van der Waals surface area contributed by atoms with E-state index in [0.717, 1.165) is 45.5 Å². The van der Waals surface area contributed by atoms with Crippen LogP contribution in [0.3, 0.4) is 0 Å². The summed E-state index contributed by atoms with van der Waals surface area (Å²) >= 11 is 0. The van der Waals surface area contributed by atoms with E-state index in [9.17, 15) is 4.79 Å². The van der Waals surface area contributed by atoms with E-state index in [-0.39, 0.29) is 11.3 Å². The first-order valence-electron chi connectivity index (χ1n) is 6.67. The van der Waals surface area contributed by atoms with Gasteiger partial charge in [0.25, 0.3) is 0 Å². The summed E-state index contributed by atoms with van der Waals surface area (Å²) in [6.45, 7) is 8.05. The lowest BCUT2D eigenvalue weighted by Crippen LogP contribution is -2.44. The van der Waals surface area contributed by atoms with Crippen molar-refractivity contribution < 1.29 is 9.53 Å². The van der Waals surface area contributed by atoms with E-state index in [4.69, 9.17) is 10.5 Å². The molecular formula is C13H26N2O2. The summed E-state index contributed by atoms with van der Waals surface area (Å²) < 4.78 is 5.23. The van der Waals surface area contributed by atoms with Crippen molar-refractivity contribution in [3.63, 3.8) is 0 Å². The molecule has 0 atom stereocenters. The highest BCUT2D eigenvalue weighted by molar-refractivity contribution is 5.76. The first kappa shape index (κ1) is 14.5. The summed E-state index contributed by atoms with van der Waals surface area (Å²) in [5.74, 6) is 0.267. The SMILES string of the molecule is CCOCCCC(=O)N1CCC(C)(CN)CC1. The van der Waals surface area contributed by atoms with Gasteiger partial charge in [-0.25, -0.2) is 0 Å². The molecule has 0 spiro atoms. The van der Waals surface area contributed by atoms with Crippen LogP contribution in [-0.2, 0) is 9.53 Å². The molecule has 4 heteroatoms. The van der Waals surface area contributed by atoms with Crippen molar-refractivity contribution in [2.24, 2.45) is 11.1 Å². The summed E-state index contributed by atoms with van der Waals surface area (Å²) in [5, 5.41) is 0. The summed E-state index contributed by atoms with van der Waals surface area (Å²) in [5.41, 5.74) is 5.99. The fourth-order valence-corrected chi connectivity index (χ4v) is 2.13. The normalized spacial score (nSPS) is 19.4. The molecule has 1 aliphatic heterocycles. The maximum atomic E-state index is 11.9. The van der Waals surface area contributed by atoms with Crippen molar-refractivity contribution in [2.45, 2.75) is 39.5 Å². The van der Waals surface area contributed by atoms with Gasteiger partial charge in [0, 0.05) is 32.7 Å². The van der Waals surface area contributed by atoms with Crippen LogP contribution < -0.4 is 5.73 Å². The molecule has 4 nitrogen and oxygen atoms in total. The maximum absolute atomic E-state index is 11.9. The van der Waals surface area contributed by atoms with Crippen LogP contribution in [-0.4, -0.2) is 43.7 Å². The van der Waals surface area contributed by atoms with Crippen molar-refractivity contribution in [1.29, 1.82) is 0 Å². The van der Waals surface area contributed by atoms with Crippen LogP contribution in [0.2, 0.25) is 0 Å². The number of carbonyl (C=O) groups excluding carboxylic acids is 1. The second-order valence-electron chi connectivity index (χ2n) is 5.20. The van der Waals surface area contributed by atoms with Gasteiger partial charge in [-0.15, -0.1) is 0 Å². The van der Waals surface area contributed by atoms with E-state index in [0.29, 0.717) is 13.0 Å². The van der Waals surface area contributed by atoms with Crippen LogP contribution >= 0.6 is 0 Å². The third-order valence-corrected chi connectivity index (χ3v) is 3.70. The Morgan fingerprint density at radius 2 is 2.06 bits per heavy atom. The molecule has 0 aromatic heterocycles. The average Bonchev–Trinajstić information content (AvgIpc) is 2.35. The molecule has 17 heavy (non-hydrogen) atoms. The van der Waals surface area contributed by atoms with Gasteiger partial charge in [-0.3, -0.25) is 4.79 Å². The Morgan fingerprint density at radius 1 is 1.41 bits per heavy atom. The molecule has 1 saturated heterocycles. The van der Waals surface area contributed by atoms with Crippen molar-refractivity contribution in [2.75, 3.05) is 32.8 Å². The standard InChI is InChI=1S/C13H26N2O2/c1-3-17-10-4-5-12(16)15-8-6-13(2,11-14)7-9-15/h3-11,14H2,1-2H3. The van der Waals surface area contributed by atoms with Crippen LogP contribution in [0, 0.1) is 5.41 Å². The number of rotatable bonds is 6. The zero-order chi connectivity index (χ0) is 12.7. The lowest BCUT2D eigenvalue weighted by Gasteiger charge is -2.38. The van der Waals surface area contributed by atoms with Crippen molar-refractivity contribution in [3.05, 3.63) is 0 Å². The van der Waals surface area contributed by atoms with E-state index >= 15 is 0 Å². The zero-order valence-electron chi connectivity index (χ0n) is 11.2. The van der Waals surface area contributed by atoms with E-state index in [1.54, 1.807) is 0 Å². The van der Waals surface area contributed by atoms with Crippen molar-refractivity contribution >= 4 is 5.91 Å². The first-order valence-corrected chi connectivity index (χ1v) is 6.67. The Hall–Kier alpha value is -0.610. The number of hydrogen-bond acceptors (Lipinski definition) is 3. The lowest BCUT2D eigenvalue weighted by atomic mass is 9.80. The van der Waals surface area contributed by atoms with Gasteiger partial charge in [-0.1, -0.05) is 6.92 Å². The van der Waals surface area contributed by atoms with E-state index in [1.165, 1.54) is 0 Å². The lowest BCUT2D eigenvalue weighted by molar-refractivity contribution is -0.133. The number of hydrogen-bond donors (Lipinski definition) is 1. The number of carbonyl (C=O) groups is 1. The number of piperidine rings is 1. The molecule has 0 saturated carbocycles. The number of nitrogens with zero attached hydrogens (tertiary/aromatic N) is 1. The number of likely N-dealkylation sites (tertiary alicyclic amines) is 1. The molecule has 0 radical (unpaired) electrons. The molecule has 0 aliphatic carbocycles. The van der Waals surface area contributed by atoms with E-state index in [1.807, 2.05) is 11.8 Å². The third kappa shape index (κ3) is 4.64. The predicted molar refractivity (Wildman–Crippen MR) is 68.7 cm³/mol. The average molecular weight is 242 g/mol. The minimum absolute atomic E-state index is 0.238. The highest BCUT2D eigenvalue weighted by Crippen LogP contribution is 2.29. The van der Waals surface area contributed by atoms with Crippen LogP contribution in [0.1, 0.15) is 39.5 Å². The second-order valence-corrected chi connectivity index (χ2v) is 5.20. The minimum Gasteiger partial charge on any atom is -0.382 e. The van der Waals surface area contributed by atoms with Crippen LogP contribution in [0.25, 0.3) is 0 Å². The highest BCUT2D eigenvalue weighted by Gasteiger charge is 2.30. The van der Waals surface area contributed by atoms with Crippen molar-refractivity contribution in [3.8, 4) is 0 Å². The Kier molecular flexibility index (Phi) is 5.92. The Balaban J connectivity index is 2.22. The van der Waals surface area contributed by atoms with Gasteiger partial charge in [-0.2, -0.15) is 0 Å². The second kappa shape index (κ2) is 6.97. The molecule has 1 amide bonds. The van der Waals surface area contributed by atoms with Gasteiger partial charge < -0.3 is 15.4 Å². The smallest absolute Gasteiger partial charge is 0.222 e. The summed E-state index contributed by atoms with van der Waals surface area (Å²) in [4.78, 5) is 13.9. The maximum Gasteiger partial charge on any atom is 0.222 e. The molecule has 0 aromatic rings. The van der Waals surface area contributed by atoms with Crippen LogP contribution in [0.4, 0.5) is 0 Å². The molecule has 0 bridgehead atoms. The summed E-state index contributed by atoms with van der Waals surface area (Å²) in [6.07, 6.45) is 3.50. The summed E-state index contributed by atoms with van der Waals surface area (Å²) in [6, 6.07) is 0. The van der Waals surface area contributed by atoms with Gasteiger partial charge in [0.15, 0.2) is 0 Å². The monoisotopic (exact) mass is 242 g/mol. The van der Waals surface area contributed by atoms with Crippen LogP contribution in [0.15, 0.2) is 0 Å². The Morgan fingerprint density at radius 3 is 2.59 bits per heavy atom. The Bertz CT molecular complexity index is 236. The number of nitrogens with two attached hydrogens (primary N) is 1. The predicted octanol–water partition coefficient (Wildman–Crippen LogP) is 1.39. The quantitative estimate of drug-likeness (QED) is 0.716. The molecule has 1 fully saturated rings. The van der Waals surface area contributed by atoms with Gasteiger partial charge >= 0.3 is 0 Å². The zero-order valence-corrected chi connectivity index (χ0v) is 11.2. The molecule has 1 rings (SSSR count). The Labute approximate surface area is 104 Å². The molecule has 0 aromatic carbocycles. The molecule has 100 valence electrons. The highest BCUT2D eigenvalue weighted by atomic mass is 16.5. The van der Waals surface area contributed by atoms with Gasteiger partial charge in [0.05, 0.1) is 0 Å². The number of amides is 1. The van der Waals surface area contributed by atoms with Crippen molar-refractivity contribution in [1.82, 2.24) is 4.90 Å². The third-order valence-electron chi connectivity index (χ3n) is 3.70. The molecule has 0 unspecified atom stereocenters. The first-order chi connectivity index (χ1) is 8.11. The van der Waals surface area contributed by atoms with E-state index in [2.05, 4.69) is 6.92 Å². The minimum atomic E-state index is 0.238. The molecule has 1 heterocycles. The summed E-state index contributed by atoms with van der Waals surface area (Å²) in [7, 11) is 0. The number of ether oxygens (including phenoxy) is 1. The molecule has 1 aliphatic rings. The van der Waals surface area contributed by atoms with E-state index < -0.39 is 0 Å². The molecule has 2 N–H and O–H groups in total. The largest absolute Gasteiger partial charge is 0.382 e. The van der Waals surface area contributed by atoms with Gasteiger partial charge in [0.2, 0.25) is 5.91 Å². The topological polar surface area (TPSA) is 55.6 Å². The fraction of sp³-hybridized carbons (Fsp3) is 0.923. The van der Waals surface area contributed by atoms with Gasteiger partial charge in [0.1, 0.15) is 0 Å². The van der Waals surface area contributed by atoms with Gasteiger partial charge in [-0.05, 0) is 38.1 Å². The fourth-order valence-electron chi connectivity index (χ4n) is 2.13. The van der Waals surface area contributed by atoms with Crippen LogP contribution in [0.5, 0.6) is 0 Å².